The van der Waals surface area contributed by atoms with E-state index in [1.54, 1.807) is 0 Å². The van der Waals surface area contributed by atoms with E-state index >= 15 is 0 Å². The molecule has 2 aromatic rings. The van der Waals surface area contributed by atoms with Crippen molar-refractivity contribution < 1.29 is 15.0 Å². The predicted octanol–water partition coefficient (Wildman–Crippen LogP) is 4.11. The number of phenolic OH excluding ortho intramolecular Hbond substituents is 2. The van der Waals surface area contributed by atoms with Gasteiger partial charge in [0.25, 0.3) is 0 Å². The van der Waals surface area contributed by atoms with Crippen molar-refractivity contribution in [3.05, 3.63) is 47.0 Å². The Morgan fingerprint density at radius 3 is 2.48 bits per heavy atom. The number of carbonyl (C=O) groups is 1. The minimum atomic E-state index is -0.253. The van der Waals surface area contributed by atoms with E-state index in [4.69, 9.17) is 0 Å². The van der Waals surface area contributed by atoms with Crippen molar-refractivity contribution in [2.24, 2.45) is 0 Å². The normalized spacial score (nSPS) is 13.8. The fourth-order valence-electron chi connectivity index (χ4n) is 2.44. The number of benzene rings is 2. The SMILES string of the molecule is CC(C)c1ccc2c(c1)CC(=O)c1cc(O)c(O)cc1S2. The molecule has 108 valence electrons. The highest BCUT2D eigenvalue weighted by atomic mass is 32.2. The Hall–Kier alpha value is -1.94. The largest absolute Gasteiger partial charge is 0.504 e. The van der Waals surface area contributed by atoms with Crippen LogP contribution in [0.4, 0.5) is 0 Å². The Morgan fingerprint density at radius 1 is 1.05 bits per heavy atom. The van der Waals surface area contributed by atoms with Gasteiger partial charge < -0.3 is 10.2 Å². The molecule has 3 rings (SSSR count). The number of aromatic hydroxyl groups is 2. The minimum Gasteiger partial charge on any atom is -0.504 e. The van der Waals surface area contributed by atoms with Crippen molar-refractivity contribution in [2.75, 3.05) is 0 Å². The summed E-state index contributed by atoms with van der Waals surface area (Å²) in [6.45, 7) is 4.25. The second-order valence-electron chi connectivity index (χ2n) is 5.56. The van der Waals surface area contributed by atoms with E-state index in [1.165, 1.54) is 29.5 Å². The van der Waals surface area contributed by atoms with Gasteiger partial charge >= 0.3 is 0 Å². The summed E-state index contributed by atoms with van der Waals surface area (Å²) in [6, 6.07) is 9.00. The summed E-state index contributed by atoms with van der Waals surface area (Å²) in [5.41, 5.74) is 2.68. The zero-order chi connectivity index (χ0) is 15.1. The maximum atomic E-state index is 12.4. The molecule has 4 heteroatoms. The lowest BCUT2D eigenvalue weighted by Crippen LogP contribution is -2.03. The molecule has 0 saturated heterocycles. The highest BCUT2D eigenvalue weighted by Gasteiger charge is 2.22. The number of ketones is 1. The molecule has 0 atom stereocenters. The van der Waals surface area contributed by atoms with E-state index in [0.717, 1.165) is 10.5 Å². The maximum Gasteiger partial charge on any atom is 0.168 e. The van der Waals surface area contributed by atoms with Crippen molar-refractivity contribution in [3.8, 4) is 11.5 Å². The fourth-order valence-corrected chi connectivity index (χ4v) is 3.53. The first-order valence-corrected chi connectivity index (χ1v) is 7.67. The molecule has 0 aromatic heterocycles. The Morgan fingerprint density at radius 2 is 1.76 bits per heavy atom. The quantitative estimate of drug-likeness (QED) is 0.778. The number of phenols is 2. The van der Waals surface area contributed by atoms with Crippen LogP contribution in [0.15, 0.2) is 40.1 Å². The summed E-state index contributed by atoms with van der Waals surface area (Å²) in [5.74, 6) is -0.0746. The zero-order valence-electron chi connectivity index (χ0n) is 11.9. The average molecular weight is 300 g/mol. The van der Waals surface area contributed by atoms with Gasteiger partial charge in [0, 0.05) is 21.8 Å². The summed E-state index contributed by atoms with van der Waals surface area (Å²) in [6.07, 6.45) is 0.320. The number of carbonyl (C=O) groups excluding carboxylic acids is 1. The Labute approximate surface area is 127 Å². The fraction of sp³-hybridized carbons (Fsp3) is 0.235. The molecule has 0 saturated carbocycles. The van der Waals surface area contributed by atoms with E-state index < -0.39 is 0 Å². The molecule has 1 aliphatic heterocycles. The molecule has 1 heterocycles. The highest BCUT2D eigenvalue weighted by Crippen LogP contribution is 2.42. The van der Waals surface area contributed by atoms with E-state index in [-0.39, 0.29) is 17.3 Å². The first kappa shape index (κ1) is 14.0. The summed E-state index contributed by atoms with van der Waals surface area (Å²) in [5, 5.41) is 19.3. The highest BCUT2D eigenvalue weighted by molar-refractivity contribution is 7.99. The summed E-state index contributed by atoms with van der Waals surface area (Å²) in [7, 11) is 0. The first-order valence-electron chi connectivity index (χ1n) is 6.85. The van der Waals surface area contributed by atoms with E-state index in [1.807, 2.05) is 6.07 Å². The number of Topliss-reactive ketones (excluding diaryl/α,β-unsaturated/α-hetero) is 1. The predicted molar refractivity (Wildman–Crippen MR) is 82.5 cm³/mol. The van der Waals surface area contributed by atoms with Gasteiger partial charge in [-0.2, -0.15) is 0 Å². The number of fused-ring (bicyclic) bond motifs is 2. The van der Waals surface area contributed by atoms with Gasteiger partial charge in [-0.05, 0) is 35.2 Å². The molecule has 0 radical (unpaired) electrons. The molecule has 0 aliphatic carbocycles. The van der Waals surface area contributed by atoms with Gasteiger partial charge in [-0.3, -0.25) is 4.79 Å². The standard InChI is InChI=1S/C17H16O3S/c1-9(2)10-3-4-16-11(5-10)6-13(18)12-7-14(19)15(20)8-17(12)21-16/h3-5,7-9,19-20H,6H2,1-2H3. The van der Waals surface area contributed by atoms with E-state index in [2.05, 4.69) is 26.0 Å². The van der Waals surface area contributed by atoms with Crippen LogP contribution >= 0.6 is 11.8 Å². The van der Waals surface area contributed by atoms with Crippen molar-refractivity contribution in [2.45, 2.75) is 36.0 Å². The lowest BCUT2D eigenvalue weighted by molar-refractivity contribution is 0.0989. The first-order chi connectivity index (χ1) is 9.95. The second kappa shape index (κ2) is 5.11. The van der Waals surface area contributed by atoms with Crippen molar-refractivity contribution >= 4 is 17.5 Å². The van der Waals surface area contributed by atoms with Crippen LogP contribution in [0.2, 0.25) is 0 Å². The number of hydrogen-bond donors (Lipinski definition) is 2. The van der Waals surface area contributed by atoms with Gasteiger partial charge in [0.15, 0.2) is 17.3 Å². The van der Waals surface area contributed by atoms with Gasteiger partial charge in [-0.1, -0.05) is 37.7 Å². The van der Waals surface area contributed by atoms with E-state index in [9.17, 15) is 15.0 Å². The van der Waals surface area contributed by atoms with Crippen LogP contribution < -0.4 is 0 Å². The van der Waals surface area contributed by atoms with Gasteiger partial charge in [0.1, 0.15) is 0 Å². The molecule has 0 spiro atoms. The van der Waals surface area contributed by atoms with Gasteiger partial charge in [-0.15, -0.1) is 0 Å². The minimum absolute atomic E-state index is 0.0348. The van der Waals surface area contributed by atoms with Gasteiger partial charge in [0.05, 0.1) is 0 Å². The molecule has 0 unspecified atom stereocenters. The molecule has 1 aliphatic rings. The van der Waals surface area contributed by atoms with Crippen LogP contribution in [0, 0.1) is 0 Å². The maximum absolute atomic E-state index is 12.4. The van der Waals surface area contributed by atoms with Crippen LogP contribution in [0.1, 0.15) is 41.3 Å². The third-order valence-corrected chi connectivity index (χ3v) is 4.88. The van der Waals surface area contributed by atoms with Crippen molar-refractivity contribution in [1.82, 2.24) is 0 Å². The topological polar surface area (TPSA) is 57.5 Å². The molecule has 0 amide bonds. The summed E-state index contributed by atoms with van der Waals surface area (Å²) < 4.78 is 0. The summed E-state index contributed by atoms with van der Waals surface area (Å²) >= 11 is 1.46. The van der Waals surface area contributed by atoms with Crippen LogP contribution in [-0.4, -0.2) is 16.0 Å². The van der Waals surface area contributed by atoms with Crippen LogP contribution in [0.5, 0.6) is 11.5 Å². The lowest BCUT2D eigenvalue weighted by Gasteiger charge is -2.10. The monoisotopic (exact) mass is 300 g/mol. The third-order valence-electron chi connectivity index (χ3n) is 3.70. The van der Waals surface area contributed by atoms with Crippen molar-refractivity contribution in [3.63, 3.8) is 0 Å². The molecule has 2 aromatic carbocycles. The van der Waals surface area contributed by atoms with Gasteiger partial charge in [0.2, 0.25) is 0 Å². The Balaban J connectivity index is 2.11. The van der Waals surface area contributed by atoms with Gasteiger partial charge in [-0.25, -0.2) is 0 Å². The number of rotatable bonds is 1. The third kappa shape index (κ3) is 2.51. The van der Waals surface area contributed by atoms with Crippen LogP contribution in [0.25, 0.3) is 0 Å². The van der Waals surface area contributed by atoms with Crippen LogP contribution in [-0.2, 0) is 6.42 Å². The molecule has 21 heavy (non-hydrogen) atoms. The van der Waals surface area contributed by atoms with Crippen molar-refractivity contribution in [1.29, 1.82) is 0 Å². The molecule has 0 fully saturated rings. The Bertz CT molecular complexity index is 735. The smallest absolute Gasteiger partial charge is 0.168 e. The number of hydrogen-bond acceptors (Lipinski definition) is 4. The van der Waals surface area contributed by atoms with Crippen LogP contribution in [0.3, 0.4) is 0 Å². The molecule has 0 bridgehead atoms. The average Bonchev–Trinajstić information content (AvgIpc) is 2.55. The molecular formula is C17H16O3S. The molecule has 3 nitrogen and oxygen atoms in total. The zero-order valence-corrected chi connectivity index (χ0v) is 12.7. The summed E-state index contributed by atoms with van der Waals surface area (Å²) in [4.78, 5) is 14.1. The van der Waals surface area contributed by atoms with E-state index in [0.29, 0.717) is 22.8 Å². The second-order valence-corrected chi connectivity index (χ2v) is 6.64. The molecular weight excluding hydrogens is 284 g/mol. The molecule has 2 N–H and O–H groups in total. The Kier molecular flexibility index (Phi) is 3.41. The lowest BCUT2D eigenvalue weighted by atomic mass is 9.97.